The fourth-order valence-electron chi connectivity index (χ4n) is 3.21. The van der Waals surface area contributed by atoms with Crippen molar-refractivity contribution in [2.45, 2.75) is 13.8 Å². The summed E-state index contributed by atoms with van der Waals surface area (Å²) in [5.74, 6) is -0.619. The average Bonchev–Trinajstić information content (AvgIpc) is 2.76. The third-order valence-electron chi connectivity index (χ3n) is 4.85. The standard InChI is InChI=1S/C24H22Cl2N2O2/c1-3-28(4-2)18-12-9-16(10-13-18)24(30)27-22-14-11-17(25)15-20(22)23(29)19-7-5-6-8-21(19)26/h5-15H,3-4H2,1-2H3,(H,27,30). The lowest BCUT2D eigenvalue weighted by Crippen LogP contribution is -2.22. The number of benzene rings is 3. The van der Waals surface area contributed by atoms with E-state index in [0.717, 1.165) is 18.8 Å². The highest BCUT2D eigenvalue weighted by Gasteiger charge is 2.19. The summed E-state index contributed by atoms with van der Waals surface area (Å²) in [6.45, 7) is 5.95. The van der Waals surface area contributed by atoms with Gasteiger partial charge in [-0.3, -0.25) is 9.59 Å². The molecule has 0 aliphatic carbocycles. The second-order valence-electron chi connectivity index (χ2n) is 6.67. The molecule has 0 unspecified atom stereocenters. The molecular weight excluding hydrogens is 419 g/mol. The van der Waals surface area contributed by atoms with Crippen LogP contribution in [0.25, 0.3) is 0 Å². The predicted octanol–water partition coefficient (Wildman–Crippen LogP) is 6.32. The van der Waals surface area contributed by atoms with Gasteiger partial charge in [0.15, 0.2) is 5.78 Å². The molecule has 0 saturated carbocycles. The normalized spacial score (nSPS) is 10.5. The fourth-order valence-corrected chi connectivity index (χ4v) is 3.60. The van der Waals surface area contributed by atoms with Crippen molar-refractivity contribution in [3.8, 4) is 0 Å². The van der Waals surface area contributed by atoms with Gasteiger partial charge in [0.05, 0.1) is 10.7 Å². The van der Waals surface area contributed by atoms with Crippen molar-refractivity contribution in [2.75, 3.05) is 23.3 Å². The van der Waals surface area contributed by atoms with E-state index in [0.29, 0.717) is 26.9 Å². The Morgan fingerprint density at radius 2 is 1.53 bits per heavy atom. The van der Waals surface area contributed by atoms with Gasteiger partial charge in [-0.15, -0.1) is 0 Å². The van der Waals surface area contributed by atoms with E-state index < -0.39 is 0 Å². The van der Waals surface area contributed by atoms with Crippen molar-refractivity contribution in [1.29, 1.82) is 0 Å². The van der Waals surface area contributed by atoms with Crippen molar-refractivity contribution in [3.05, 3.63) is 93.5 Å². The molecule has 4 nitrogen and oxygen atoms in total. The van der Waals surface area contributed by atoms with Gasteiger partial charge in [-0.1, -0.05) is 35.3 Å². The molecule has 3 aromatic carbocycles. The Kier molecular flexibility index (Phi) is 7.14. The van der Waals surface area contributed by atoms with Gasteiger partial charge in [0.25, 0.3) is 5.91 Å². The smallest absolute Gasteiger partial charge is 0.255 e. The second-order valence-corrected chi connectivity index (χ2v) is 7.52. The van der Waals surface area contributed by atoms with Crippen LogP contribution in [0.4, 0.5) is 11.4 Å². The topological polar surface area (TPSA) is 49.4 Å². The van der Waals surface area contributed by atoms with Crippen LogP contribution in [0.5, 0.6) is 0 Å². The monoisotopic (exact) mass is 440 g/mol. The molecule has 3 aromatic rings. The minimum atomic E-state index is -0.310. The number of halogens is 2. The van der Waals surface area contributed by atoms with Crippen LogP contribution in [-0.4, -0.2) is 24.8 Å². The summed E-state index contributed by atoms with van der Waals surface area (Å²) in [5, 5.41) is 3.56. The summed E-state index contributed by atoms with van der Waals surface area (Å²) >= 11 is 12.3. The van der Waals surface area contributed by atoms with E-state index >= 15 is 0 Å². The number of hydrogen-bond donors (Lipinski definition) is 1. The maximum atomic E-state index is 13.0. The van der Waals surface area contributed by atoms with Crippen molar-refractivity contribution >= 4 is 46.3 Å². The molecule has 30 heavy (non-hydrogen) atoms. The molecular formula is C24H22Cl2N2O2. The Morgan fingerprint density at radius 3 is 2.17 bits per heavy atom. The van der Waals surface area contributed by atoms with Gasteiger partial charge in [-0.05, 0) is 68.4 Å². The van der Waals surface area contributed by atoms with Crippen LogP contribution < -0.4 is 10.2 Å². The zero-order valence-electron chi connectivity index (χ0n) is 16.8. The lowest BCUT2D eigenvalue weighted by Gasteiger charge is -2.21. The lowest BCUT2D eigenvalue weighted by molar-refractivity contribution is 0.102. The molecule has 1 N–H and O–H groups in total. The summed E-state index contributed by atoms with van der Waals surface area (Å²) in [6.07, 6.45) is 0. The summed E-state index contributed by atoms with van der Waals surface area (Å²) in [4.78, 5) is 28.0. The van der Waals surface area contributed by atoms with E-state index in [1.54, 1.807) is 48.5 Å². The first-order valence-electron chi connectivity index (χ1n) is 9.69. The lowest BCUT2D eigenvalue weighted by atomic mass is 10.0. The van der Waals surface area contributed by atoms with E-state index in [1.165, 1.54) is 6.07 Å². The van der Waals surface area contributed by atoms with Crippen LogP contribution >= 0.6 is 23.2 Å². The SMILES string of the molecule is CCN(CC)c1ccc(C(=O)Nc2ccc(Cl)cc2C(=O)c2ccccc2Cl)cc1. The largest absolute Gasteiger partial charge is 0.372 e. The highest BCUT2D eigenvalue weighted by atomic mass is 35.5. The predicted molar refractivity (Wildman–Crippen MR) is 124 cm³/mol. The molecule has 0 aliphatic heterocycles. The van der Waals surface area contributed by atoms with Crippen LogP contribution in [0.1, 0.15) is 40.1 Å². The highest BCUT2D eigenvalue weighted by molar-refractivity contribution is 6.36. The van der Waals surface area contributed by atoms with Crippen LogP contribution in [-0.2, 0) is 0 Å². The first-order valence-corrected chi connectivity index (χ1v) is 10.4. The molecule has 0 spiro atoms. The maximum Gasteiger partial charge on any atom is 0.255 e. The molecule has 6 heteroatoms. The average molecular weight is 441 g/mol. The van der Waals surface area contributed by atoms with Crippen molar-refractivity contribution < 1.29 is 9.59 Å². The number of carbonyl (C=O) groups is 2. The van der Waals surface area contributed by atoms with Gasteiger partial charge in [0.1, 0.15) is 0 Å². The van der Waals surface area contributed by atoms with Crippen LogP contribution in [0.3, 0.4) is 0 Å². The minimum Gasteiger partial charge on any atom is -0.372 e. The van der Waals surface area contributed by atoms with Gasteiger partial charge in [-0.2, -0.15) is 0 Å². The number of anilines is 2. The van der Waals surface area contributed by atoms with Crippen molar-refractivity contribution in [1.82, 2.24) is 0 Å². The summed E-state index contributed by atoms with van der Waals surface area (Å²) in [7, 11) is 0. The summed E-state index contributed by atoms with van der Waals surface area (Å²) in [5.41, 5.74) is 2.56. The number of ketones is 1. The van der Waals surface area contributed by atoms with Crippen molar-refractivity contribution in [3.63, 3.8) is 0 Å². The molecule has 1 amide bonds. The van der Waals surface area contributed by atoms with E-state index in [1.807, 2.05) is 12.1 Å². The first-order chi connectivity index (χ1) is 14.4. The molecule has 0 saturated heterocycles. The Morgan fingerprint density at radius 1 is 0.867 bits per heavy atom. The van der Waals surface area contributed by atoms with Gasteiger partial charge >= 0.3 is 0 Å². The molecule has 154 valence electrons. The number of rotatable bonds is 7. The molecule has 0 atom stereocenters. The van der Waals surface area contributed by atoms with E-state index in [9.17, 15) is 9.59 Å². The maximum absolute atomic E-state index is 13.0. The van der Waals surface area contributed by atoms with E-state index in [2.05, 4.69) is 24.1 Å². The number of nitrogens with one attached hydrogen (secondary N) is 1. The fraction of sp³-hybridized carbons (Fsp3) is 0.167. The zero-order valence-corrected chi connectivity index (χ0v) is 18.3. The molecule has 0 aromatic heterocycles. The molecule has 0 heterocycles. The summed E-state index contributed by atoms with van der Waals surface area (Å²) in [6, 6.07) is 18.9. The number of hydrogen-bond acceptors (Lipinski definition) is 3. The molecule has 0 fully saturated rings. The minimum absolute atomic E-state index is 0.281. The Balaban J connectivity index is 1.87. The molecule has 3 rings (SSSR count). The van der Waals surface area contributed by atoms with Gasteiger partial charge in [0.2, 0.25) is 0 Å². The molecule has 0 radical (unpaired) electrons. The second kappa shape index (κ2) is 9.79. The quantitative estimate of drug-likeness (QED) is 0.437. The third kappa shape index (κ3) is 4.84. The number of amides is 1. The van der Waals surface area contributed by atoms with Crippen LogP contribution in [0, 0.1) is 0 Å². The van der Waals surface area contributed by atoms with Crippen LogP contribution in [0.15, 0.2) is 66.7 Å². The van der Waals surface area contributed by atoms with E-state index in [-0.39, 0.29) is 17.3 Å². The first kappa shape index (κ1) is 21.9. The molecule has 0 bridgehead atoms. The molecule has 0 aliphatic rings. The Hall–Kier alpha value is -2.82. The van der Waals surface area contributed by atoms with Gasteiger partial charge in [-0.25, -0.2) is 0 Å². The number of carbonyl (C=O) groups excluding carboxylic acids is 2. The Bertz CT molecular complexity index is 1060. The van der Waals surface area contributed by atoms with Crippen LogP contribution in [0.2, 0.25) is 10.0 Å². The van der Waals surface area contributed by atoms with Gasteiger partial charge < -0.3 is 10.2 Å². The van der Waals surface area contributed by atoms with E-state index in [4.69, 9.17) is 23.2 Å². The zero-order chi connectivity index (χ0) is 21.7. The number of nitrogens with zero attached hydrogens (tertiary/aromatic N) is 1. The summed E-state index contributed by atoms with van der Waals surface area (Å²) < 4.78 is 0. The van der Waals surface area contributed by atoms with Crippen molar-refractivity contribution in [2.24, 2.45) is 0 Å². The Labute approximate surface area is 186 Å². The highest BCUT2D eigenvalue weighted by Crippen LogP contribution is 2.27. The van der Waals surface area contributed by atoms with Gasteiger partial charge in [0, 0.05) is 40.5 Å². The third-order valence-corrected chi connectivity index (χ3v) is 5.42.